The van der Waals surface area contributed by atoms with Crippen molar-refractivity contribution in [1.29, 1.82) is 0 Å². The van der Waals surface area contributed by atoms with E-state index < -0.39 is 16.1 Å². The van der Waals surface area contributed by atoms with Crippen LogP contribution in [-0.2, 0) is 30.8 Å². The molecule has 1 unspecified atom stereocenters. The molecule has 1 amide bonds. The van der Waals surface area contributed by atoms with Crippen molar-refractivity contribution in [3.05, 3.63) is 65.7 Å². The molecule has 1 fully saturated rings. The normalized spacial score (nSPS) is 14.7. The Morgan fingerprint density at radius 1 is 1.03 bits per heavy atom. The lowest BCUT2D eigenvalue weighted by molar-refractivity contribution is -0.148. The second kappa shape index (κ2) is 10.7. The fourth-order valence-electron chi connectivity index (χ4n) is 3.26. The second-order valence-electron chi connectivity index (χ2n) is 8.31. The topological polar surface area (TPSA) is 102 Å². The summed E-state index contributed by atoms with van der Waals surface area (Å²) in [5.41, 5.74) is 1.69. The van der Waals surface area contributed by atoms with Crippen LogP contribution in [-0.4, -0.2) is 32.4 Å². The lowest BCUT2D eigenvalue weighted by Gasteiger charge is -2.19. The number of sulfonamides is 1. The van der Waals surface area contributed by atoms with Gasteiger partial charge in [-0.1, -0.05) is 42.5 Å². The van der Waals surface area contributed by atoms with Crippen molar-refractivity contribution in [3.8, 4) is 0 Å². The van der Waals surface area contributed by atoms with Gasteiger partial charge in [0.15, 0.2) is 0 Å². The first-order valence-corrected chi connectivity index (χ1v) is 12.4. The summed E-state index contributed by atoms with van der Waals surface area (Å²) >= 11 is 0. The average molecular weight is 459 g/mol. The molecule has 0 saturated heterocycles. The van der Waals surface area contributed by atoms with Crippen molar-refractivity contribution >= 4 is 21.9 Å². The van der Waals surface area contributed by atoms with Gasteiger partial charge >= 0.3 is 5.97 Å². The van der Waals surface area contributed by atoms with Gasteiger partial charge in [-0.2, -0.15) is 0 Å². The van der Waals surface area contributed by atoms with Crippen molar-refractivity contribution < 1.29 is 22.7 Å². The summed E-state index contributed by atoms with van der Waals surface area (Å²) in [6.45, 7) is 3.57. The zero-order valence-corrected chi connectivity index (χ0v) is 19.2. The van der Waals surface area contributed by atoms with Gasteiger partial charge in [-0.15, -0.1) is 0 Å². The van der Waals surface area contributed by atoms with Gasteiger partial charge < -0.3 is 10.1 Å². The summed E-state index contributed by atoms with van der Waals surface area (Å²) in [7, 11) is -3.49. The molecule has 32 heavy (non-hydrogen) atoms. The molecule has 1 aliphatic rings. The van der Waals surface area contributed by atoms with E-state index >= 15 is 0 Å². The highest BCUT2D eigenvalue weighted by atomic mass is 32.2. The number of esters is 1. The van der Waals surface area contributed by atoms with Crippen LogP contribution in [0.4, 0.5) is 0 Å². The molecule has 0 bridgehead atoms. The summed E-state index contributed by atoms with van der Waals surface area (Å²) in [5, 5.41) is 2.93. The number of hydrogen-bond acceptors (Lipinski definition) is 5. The van der Waals surface area contributed by atoms with Crippen molar-refractivity contribution in [2.45, 2.75) is 69.0 Å². The maximum atomic E-state index is 12.6. The second-order valence-corrected chi connectivity index (χ2v) is 10.0. The van der Waals surface area contributed by atoms with Crippen LogP contribution in [0.25, 0.3) is 0 Å². The largest absolute Gasteiger partial charge is 0.463 e. The number of rotatable bonds is 11. The van der Waals surface area contributed by atoms with E-state index in [0.29, 0.717) is 6.42 Å². The predicted octanol–water partition coefficient (Wildman–Crippen LogP) is 3.26. The van der Waals surface area contributed by atoms with Gasteiger partial charge in [0, 0.05) is 12.5 Å². The van der Waals surface area contributed by atoms with Crippen LogP contribution in [0, 0.1) is 0 Å². The molecule has 0 radical (unpaired) electrons. The highest BCUT2D eigenvalue weighted by Crippen LogP contribution is 2.22. The van der Waals surface area contributed by atoms with Gasteiger partial charge in [0.05, 0.1) is 23.5 Å². The number of nitrogens with one attached hydrogen (secondary N) is 2. The quantitative estimate of drug-likeness (QED) is 0.503. The fraction of sp³-hybridized carbons (Fsp3) is 0.417. The van der Waals surface area contributed by atoms with Crippen LogP contribution >= 0.6 is 0 Å². The van der Waals surface area contributed by atoms with Crippen LogP contribution in [0.1, 0.15) is 56.7 Å². The minimum absolute atomic E-state index is 0.0501. The minimum atomic E-state index is -3.49. The Bertz CT molecular complexity index is 1020. The molecular weight excluding hydrogens is 428 g/mol. The fourth-order valence-corrected chi connectivity index (χ4v) is 4.57. The molecule has 0 heterocycles. The van der Waals surface area contributed by atoms with Crippen LogP contribution in [0.15, 0.2) is 59.5 Å². The molecule has 2 aromatic rings. The molecule has 172 valence electrons. The van der Waals surface area contributed by atoms with Crippen molar-refractivity contribution in [2.75, 3.05) is 0 Å². The van der Waals surface area contributed by atoms with Gasteiger partial charge in [0.2, 0.25) is 15.9 Å². The third-order valence-corrected chi connectivity index (χ3v) is 6.59. The summed E-state index contributed by atoms with van der Waals surface area (Å²) in [6.07, 6.45) is 2.27. The van der Waals surface area contributed by atoms with Gasteiger partial charge in [0.1, 0.15) is 0 Å². The van der Waals surface area contributed by atoms with Crippen LogP contribution in [0.5, 0.6) is 0 Å². The Kier molecular flexibility index (Phi) is 8.04. The molecule has 2 N–H and O–H groups in total. The molecular formula is C24H30N2O5S. The third-order valence-electron chi connectivity index (χ3n) is 5.05. The van der Waals surface area contributed by atoms with Crippen molar-refractivity contribution in [1.82, 2.24) is 10.0 Å². The monoisotopic (exact) mass is 458 g/mol. The molecule has 3 rings (SSSR count). The Balaban J connectivity index is 1.56. The SMILES string of the molecule is CC(C)OC(=O)CC(NC(=O)CCc1ccc(S(=O)(=O)NC2CC2)cc1)c1ccccc1. The summed E-state index contributed by atoms with van der Waals surface area (Å²) < 4.78 is 32.4. The Labute approximate surface area is 189 Å². The number of carbonyl (C=O) groups is 2. The first kappa shape index (κ1) is 23.9. The lowest BCUT2D eigenvalue weighted by atomic mass is 10.0. The molecule has 0 spiro atoms. The maximum absolute atomic E-state index is 12.6. The Hall–Kier alpha value is -2.71. The first-order valence-electron chi connectivity index (χ1n) is 10.9. The van der Waals surface area contributed by atoms with E-state index in [4.69, 9.17) is 4.74 Å². The number of ether oxygens (including phenoxy) is 1. The van der Waals surface area contributed by atoms with E-state index in [0.717, 1.165) is 24.0 Å². The maximum Gasteiger partial charge on any atom is 0.308 e. The average Bonchev–Trinajstić information content (AvgIpc) is 3.55. The molecule has 0 aliphatic heterocycles. The van der Waals surface area contributed by atoms with Gasteiger partial charge in [-0.25, -0.2) is 13.1 Å². The predicted molar refractivity (Wildman–Crippen MR) is 121 cm³/mol. The minimum Gasteiger partial charge on any atom is -0.463 e. The molecule has 8 heteroatoms. The van der Waals surface area contributed by atoms with E-state index in [1.807, 2.05) is 30.3 Å². The number of carbonyl (C=O) groups excluding carboxylic acids is 2. The van der Waals surface area contributed by atoms with Crippen molar-refractivity contribution in [2.24, 2.45) is 0 Å². The molecule has 2 aromatic carbocycles. The van der Waals surface area contributed by atoms with Crippen molar-refractivity contribution in [3.63, 3.8) is 0 Å². The van der Waals surface area contributed by atoms with Gasteiger partial charge in [-0.3, -0.25) is 9.59 Å². The molecule has 0 aromatic heterocycles. The smallest absolute Gasteiger partial charge is 0.308 e. The number of amides is 1. The third kappa shape index (κ3) is 7.46. The van der Waals surface area contributed by atoms with E-state index in [1.165, 1.54) is 0 Å². The zero-order valence-electron chi connectivity index (χ0n) is 18.4. The van der Waals surface area contributed by atoms with Gasteiger partial charge in [0.25, 0.3) is 0 Å². The standard InChI is InChI=1S/C24H30N2O5S/c1-17(2)31-24(28)16-22(19-6-4-3-5-7-19)25-23(27)15-10-18-8-13-21(14-9-18)32(29,30)26-20-11-12-20/h3-9,13-14,17,20,22,26H,10-12,15-16H2,1-2H3,(H,25,27). The molecule has 7 nitrogen and oxygen atoms in total. The van der Waals surface area contributed by atoms with Crippen LogP contribution in [0.3, 0.4) is 0 Å². The molecule has 1 saturated carbocycles. The highest BCUT2D eigenvalue weighted by molar-refractivity contribution is 7.89. The summed E-state index contributed by atoms with van der Waals surface area (Å²) in [5.74, 6) is -0.561. The van der Waals surface area contributed by atoms with E-state index in [2.05, 4.69) is 10.0 Å². The number of aryl methyl sites for hydroxylation is 1. The van der Waals surface area contributed by atoms with E-state index in [-0.39, 0.29) is 41.8 Å². The first-order chi connectivity index (χ1) is 15.2. The Morgan fingerprint density at radius 2 is 1.69 bits per heavy atom. The molecule has 1 atom stereocenters. The zero-order chi connectivity index (χ0) is 23.1. The van der Waals surface area contributed by atoms with Crippen LogP contribution < -0.4 is 10.0 Å². The van der Waals surface area contributed by atoms with Crippen LogP contribution in [0.2, 0.25) is 0 Å². The number of benzene rings is 2. The molecule has 1 aliphatic carbocycles. The summed E-state index contributed by atoms with van der Waals surface area (Å²) in [6, 6.07) is 15.5. The Morgan fingerprint density at radius 3 is 2.28 bits per heavy atom. The highest BCUT2D eigenvalue weighted by Gasteiger charge is 2.27. The lowest BCUT2D eigenvalue weighted by Crippen LogP contribution is -2.31. The van der Waals surface area contributed by atoms with Gasteiger partial charge in [-0.05, 0) is 56.4 Å². The van der Waals surface area contributed by atoms with E-state index in [1.54, 1.807) is 38.1 Å². The van der Waals surface area contributed by atoms with E-state index in [9.17, 15) is 18.0 Å². The number of hydrogen-bond donors (Lipinski definition) is 2. The summed E-state index contributed by atoms with van der Waals surface area (Å²) in [4.78, 5) is 25.0.